The first-order chi connectivity index (χ1) is 8.66. The van der Waals surface area contributed by atoms with Gasteiger partial charge in [-0.2, -0.15) is 0 Å². The highest BCUT2D eigenvalue weighted by atomic mass is 16.1. The zero-order valence-corrected chi connectivity index (χ0v) is 11.2. The van der Waals surface area contributed by atoms with Gasteiger partial charge in [0.25, 0.3) is 0 Å². The Morgan fingerprint density at radius 1 is 1.44 bits per heavy atom. The SMILES string of the molecule is Cc1cccc(CCNC(=O)[C@@H]2CNC[C@H]2C)c1. The van der Waals surface area contributed by atoms with Gasteiger partial charge < -0.3 is 10.6 Å². The van der Waals surface area contributed by atoms with Crippen LogP contribution in [0.1, 0.15) is 18.1 Å². The summed E-state index contributed by atoms with van der Waals surface area (Å²) < 4.78 is 0. The van der Waals surface area contributed by atoms with E-state index < -0.39 is 0 Å². The first kappa shape index (κ1) is 13.1. The van der Waals surface area contributed by atoms with Crippen molar-refractivity contribution < 1.29 is 4.79 Å². The van der Waals surface area contributed by atoms with Crippen molar-refractivity contribution in [1.29, 1.82) is 0 Å². The van der Waals surface area contributed by atoms with Gasteiger partial charge in [-0.25, -0.2) is 0 Å². The maximum absolute atomic E-state index is 12.0. The Kier molecular flexibility index (Phi) is 4.37. The number of hydrogen-bond donors (Lipinski definition) is 2. The number of nitrogens with one attached hydrogen (secondary N) is 2. The Morgan fingerprint density at radius 3 is 2.94 bits per heavy atom. The highest BCUT2D eigenvalue weighted by Crippen LogP contribution is 2.15. The second-order valence-electron chi connectivity index (χ2n) is 5.27. The fourth-order valence-electron chi connectivity index (χ4n) is 2.49. The maximum Gasteiger partial charge on any atom is 0.224 e. The Morgan fingerprint density at radius 2 is 2.28 bits per heavy atom. The third-order valence-corrected chi connectivity index (χ3v) is 3.65. The normalized spacial score (nSPS) is 23.0. The molecule has 98 valence electrons. The highest BCUT2D eigenvalue weighted by Gasteiger charge is 2.28. The minimum atomic E-state index is 0.141. The van der Waals surface area contributed by atoms with Crippen molar-refractivity contribution in [3.63, 3.8) is 0 Å². The molecule has 1 fully saturated rings. The third kappa shape index (κ3) is 3.33. The monoisotopic (exact) mass is 246 g/mol. The molecule has 0 saturated carbocycles. The van der Waals surface area contributed by atoms with E-state index in [2.05, 4.69) is 48.7 Å². The van der Waals surface area contributed by atoms with Crippen LogP contribution < -0.4 is 10.6 Å². The lowest BCUT2D eigenvalue weighted by Crippen LogP contribution is -2.35. The molecule has 0 aromatic heterocycles. The summed E-state index contributed by atoms with van der Waals surface area (Å²) in [6, 6.07) is 8.44. The Hall–Kier alpha value is -1.35. The lowest BCUT2D eigenvalue weighted by atomic mass is 9.97. The summed E-state index contributed by atoms with van der Waals surface area (Å²) in [6.07, 6.45) is 0.905. The van der Waals surface area contributed by atoms with E-state index in [1.807, 2.05) is 0 Å². The molecule has 1 aromatic carbocycles. The quantitative estimate of drug-likeness (QED) is 0.845. The van der Waals surface area contributed by atoms with E-state index in [9.17, 15) is 4.79 Å². The van der Waals surface area contributed by atoms with E-state index in [0.29, 0.717) is 5.92 Å². The molecule has 0 spiro atoms. The van der Waals surface area contributed by atoms with Gasteiger partial charge in [0.15, 0.2) is 0 Å². The zero-order chi connectivity index (χ0) is 13.0. The predicted octanol–water partition coefficient (Wildman–Crippen LogP) is 1.51. The van der Waals surface area contributed by atoms with Crippen LogP contribution in [0.5, 0.6) is 0 Å². The molecule has 18 heavy (non-hydrogen) atoms. The lowest BCUT2D eigenvalue weighted by molar-refractivity contribution is -0.125. The van der Waals surface area contributed by atoms with Crippen LogP contribution in [-0.4, -0.2) is 25.5 Å². The van der Waals surface area contributed by atoms with Crippen molar-refractivity contribution in [3.05, 3.63) is 35.4 Å². The van der Waals surface area contributed by atoms with Crippen LogP contribution in [0.25, 0.3) is 0 Å². The molecule has 1 amide bonds. The number of carbonyl (C=O) groups is 1. The molecule has 1 heterocycles. The number of benzene rings is 1. The largest absolute Gasteiger partial charge is 0.355 e. The smallest absolute Gasteiger partial charge is 0.224 e. The van der Waals surface area contributed by atoms with Gasteiger partial charge in [-0.1, -0.05) is 36.8 Å². The number of amides is 1. The van der Waals surface area contributed by atoms with Gasteiger partial charge in [0.1, 0.15) is 0 Å². The zero-order valence-electron chi connectivity index (χ0n) is 11.2. The molecule has 0 unspecified atom stereocenters. The van der Waals surface area contributed by atoms with Crippen LogP contribution in [0, 0.1) is 18.8 Å². The molecular weight excluding hydrogens is 224 g/mol. The van der Waals surface area contributed by atoms with Crippen molar-refractivity contribution in [2.24, 2.45) is 11.8 Å². The van der Waals surface area contributed by atoms with E-state index in [1.165, 1.54) is 11.1 Å². The average Bonchev–Trinajstić information content (AvgIpc) is 2.75. The Labute approximate surface area is 109 Å². The summed E-state index contributed by atoms with van der Waals surface area (Å²) in [5, 5.41) is 6.30. The van der Waals surface area contributed by atoms with Gasteiger partial charge in [-0.05, 0) is 31.4 Å². The fraction of sp³-hybridized carbons (Fsp3) is 0.533. The van der Waals surface area contributed by atoms with Crippen molar-refractivity contribution in [3.8, 4) is 0 Å². The summed E-state index contributed by atoms with van der Waals surface area (Å²) in [7, 11) is 0. The topological polar surface area (TPSA) is 41.1 Å². The summed E-state index contributed by atoms with van der Waals surface area (Å²) in [5.74, 6) is 0.784. The van der Waals surface area contributed by atoms with Gasteiger partial charge in [-0.15, -0.1) is 0 Å². The second kappa shape index (κ2) is 6.01. The molecular formula is C15H22N2O. The molecule has 1 aliphatic heterocycles. The van der Waals surface area contributed by atoms with Crippen LogP contribution in [0.2, 0.25) is 0 Å². The van der Waals surface area contributed by atoms with Crippen molar-refractivity contribution >= 4 is 5.91 Å². The molecule has 0 aliphatic carbocycles. The highest BCUT2D eigenvalue weighted by molar-refractivity contribution is 5.79. The van der Waals surface area contributed by atoms with Crippen molar-refractivity contribution in [1.82, 2.24) is 10.6 Å². The molecule has 3 nitrogen and oxygen atoms in total. The maximum atomic E-state index is 12.0. The van der Waals surface area contributed by atoms with Gasteiger partial charge in [0.2, 0.25) is 5.91 Å². The standard InChI is InChI=1S/C15H22N2O/c1-11-4-3-5-13(8-11)6-7-17-15(18)14-10-16-9-12(14)2/h3-5,8,12,14,16H,6-7,9-10H2,1-2H3,(H,17,18)/t12-,14-/m1/s1. The number of aryl methyl sites for hydroxylation is 1. The number of rotatable bonds is 4. The van der Waals surface area contributed by atoms with Gasteiger partial charge in [0, 0.05) is 13.1 Å². The lowest BCUT2D eigenvalue weighted by Gasteiger charge is -2.14. The predicted molar refractivity (Wildman–Crippen MR) is 73.4 cm³/mol. The summed E-state index contributed by atoms with van der Waals surface area (Å²) in [4.78, 5) is 12.0. The molecule has 1 saturated heterocycles. The minimum absolute atomic E-state index is 0.141. The number of hydrogen-bond acceptors (Lipinski definition) is 2. The molecule has 2 atom stereocenters. The van der Waals surface area contributed by atoms with Crippen LogP contribution in [0.3, 0.4) is 0 Å². The first-order valence-corrected chi connectivity index (χ1v) is 6.71. The van der Waals surface area contributed by atoms with Crippen LogP contribution in [0.4, 0.5) is 0 Å². The molecule has 1 aromatic rings. The van der Waals surface area contributed by atoms with Gasteiger partial charge in [-0.3, -0.25) is 4.79 Å². The fourth-order valence-corrected chi connectivity index (χ4v) is 2.49. The van der Waals surface area contributed by atoms with E-state index >= 15 is 0 Å². The van der Waals surface area contributed by atoms with Crippen LogP contribution in [0.15, 0.2) is 24.3 Å². The van der Waals surface area contributed by atoms with E-state index in [1.54, 1.807) is 0 Å². The Bertz CT molecular complexity index is 417. The third-order valence-electron chi connectivity index (χ3n) is 3.65. The van der Waals surface area contributed by atoms with E-state index in [0.717, 1.165) is 26.1 Å². The first-order valence-electron chi connectivity index (χ1n) is 6.71. The summed E-state index contributed by atoms with van der Waals surface area (Å²) >= 11 is 0. The van der Waals surface area contributed by atoms with Gasteiger partial charge in [0.05, 0.1) is 5.92 Å². The van der Waals surface area contributed by atoms with Crippen molar-refractivity contribution in [2.75, 3.05) is 19.6 Å². The second-order valence-corrected chi connectivity index (χ2v) is 5.27. The minimum Gasteiger partial charge on any atom is -0.355 e. The molecule has 0 bridgehead atoms. The molecule has 2 rings (SSSR count). The summed E-state index contributed by atoms with van der Waals surface area (Å²) in [5.41, 5.74) is 2.56. The molecule has 1 aliphatic rings. The van der Waals surface area contributed by atoms with Gasteiger partial charge >= 0.3 is 0 Å². The molecule has 2 N–H and O–H groups in total. The Balaban J connectivity index is 1.77. The summed E-state index contributed by atoms with van der Waals surface area (Å²) in [6.45, 7) is 6.72. The molecule has 3 heteroatoms. The van der Waals surface area contributed by atoms with E-state index in [-0.39, 0.29) is 11.8 Å². The van der Waals surface area contributed by atoms with Crippen molar-refractivity contribution in [2.45, 2.75) is 20.3 Å². The van der Waals surface area contributed by atoms with E-state index in [4.69, 9.17) is 0 Å². The number of carbonyl (C=O) groups excluding carboxylic acids is 1. The van der Waals surface area contributed by atoms with Crippen LogP contribution >= 0.6 is 0 Å². The van der Waals surface area contributed by atoms with Crippen LogP contribution in [-0.2, 0) is 11.2 Å². The molecule has 0 radical (unpaired) electrons. The average molecular weight is 246 g/mol.